The summed E-state index contributed by atoms with van der Waals surface area (Å²) >= 11 is 2.18. The van der Waals surface area contributed by atoms with Gasteiger partial charge in [0.25, 0.3) is 0 Å². The number of hydrogen-bond donors (Lipinski definition) is 1. The molecule has 0 atom stereocenters. The minimum absolute atomic E-state index is 0.665. The van der Waals surface area contributed by atoms with Gasteiger partial charge in [-0.2, -0.15) is 5.10 Å². The maximum absolute atomic E-state index is 5.93. The average molecular weight is 357 g/mol. The molecule has 0 spiro atoms. The number of halogens is 1. The molecule has 18 heavy (non-hydrogen) atoms. The lowest BCUT2D eigenvalue weighted by molar-refractivity contribution is 0.317. The number of nitrogens with zero attached hydrogens (tertiary/aromatic N) is 2. The molecule has 96 valence electrons. The lowest BCUT2D eigenvalue weighted by Gasteiger charge is -2.08. The number of rotatable bonds is 5. The van der Waals surface area contributed by atoms with Gasteiger partial charge >= 0.3 is 0 Å². The Morgan fingerprint density at radius 2 is 2.28 bits per heavy atom. The summed E-state index contributed by atoms with van der Waals surface area (Å²) in [4.78, 5) is 0. The highest BCUT2D eigenvalue weighted by molar-refractivity contribution is 14.1. The van der Waals surface area contributed by atoms with E-state index < -0.39 is 0 Å². The summed E-state index contributed by atoms with van der Waals surface area (Å²) in [5, 5.41) is 4.25. The van der Waals surface area contributed by atoms with Gasteiger partial charge in [-0.3, -0.25) is 0 Å². The summed E-state index contributed by atoms with van der Waals surface area (Å²) in [5.74, 6) is 1.60. The fraction of sp³-hybridized carbons (Fsp3) is 0.308. The lowest BCUT2D eigenvalue weighted by Crippen LogP contribution is -2.06. The predicted octanol–water partition coefficient (Wildman–Crippen LogP) is 2.91. The van der Waals surface area contributed by atoms with Crippen molar-refractivity contribution in [2.75, 3.05) is 12.3 Å². The van der Waals surface area contributed by atoms with Gasteiger partial charge in [-0.15, -0.1) is 0 Å². The third-order valence-corrected chi connectivity index (χ3v) is 3.37. The van der Waals surface area contributed by atoms with E-state index in [1.54, 1.807) is 10.9 Å². The predicted molar refractivity (Wildman–Crippen MR) is 80.7 cm³/mol. The van der Waals surface area contributed by atoms with Gasteiger partial charge in [-0.1, -0.05) is 19.1 Å². The summed E-state index contributed by atoms with van der Waals surface area (Å²) in [7, 11) is 0. The highest BCUT2D eigenvalue weighted by Gasteiger charge is 2.05. The van der Waals surface area contributed by atoms with Crippen LogP contribution in [0.15, 0.2) is 30.5 Å². The van der Waals surface area contributed by atoms with Crippen LogP contribution in [0, 0.1) is 3.57 Å². The SMILES string of the molecule is CCCOc1cccc(Cn2ncc(I)c2N)c1. The molecule has 2 aromatic rings. The summed E-state index contributed by atoms with van der Waals surface area (Å²) in [6.45, 7) is 3.50. The zero-order valence-electron chi connectivity index (χ0n) is 10.3. The second-order valence-corrected chi connectivity index (χ2v) is 5.19. The molecule has 0 fully saturated rings. The van der Waals surface area contributed by atoms with Crippen molar-refractivity contribution in [2.24, 2.45) is 0 Å². The number of hydrogen-bond acceptors (Lipinski definition) is 3. The van der Waals surface area contributed by atoms with Gasteiger partial charge in [0.05, 0.1) is 22.9 Å². The van der Waals surface area contributed by atoms with Crippen molar-refractivity contribution in [3.63, 3.8) is 0 Å². The zero-order valence-corrected chi connectivity index (χ0v) is 12.4. The number of benzene rings is 1. The van der Waals surface area contributed by atoms with E-state index in [0.29, 0.717) is 12.4 Å². The van der Waals surface area contributed by atoms with E-state index in [-0.39, 0.29) is 0 Å². The zero-order chi connectivity index (χ0) is 13.0. The minimum atomic E-state index is 0.665. The first-order valence-electron chi connectivity index (χ1n) is 5.89. The van der Waals surface area contributed by atoms with Crippen molar-refractivity contribution in [3.8, 4) is 5.75 Å². The molecule has 0 aliphatic carbocycles. The van der Waals surface area contributed by atoms with E-state index >= 15 is 0 Å². The summed E-state index contributed by atoms with van der Waals surface area (Å²) in [6, 6.07) is 8.04. The number of anilines is 1. The molecule has 1 aromatic heterocycles. The van der Waals surface area contributed by atoms with Crippen molar-refractivity contribution in [1.82, 2.24) is 9.78 Å². The van der Waals surface area contributed by atoms with Crippen molar-refractivity contribution >= 4 is 28.4 Å². The van der Waals surface area contributed by atoms with Crippen molar-refractivity contribution in [1.29, 1.82) is 0 Å². The van der Waals surface area contributed by atoms with Crippen LogP contribution in [0.4, 0.5) is 5.82 Å². The van der Waals surface area contributed by atoms with E-state index in [1.165, 1.54) is 0 Å². The first-order chi connectivity index (χ1) is 8.70. The first-order valence-corrected chi connectivity index (χ1v) is 6.97. The van der Waals surface area contributed by atoms with Gasteiger partial charge in [0.15, 0.2) is 0 Å². The smallest absolute Gasteiger partial charge is 0.135 e. The van der Waals surface area contributed by atoms with Gasteiger partial charge in [0.1, 0.15) is 11.6 Å². The monoisotopic (exact) mass is 357 g/mol. The van der Waals surface area contributed by atoms with Crippen LogP contribution < -0.4 is 10.5 Å². The van der Waals surface area contributed by atoms with E-state index in [0.717, 1.165) is 27.9 Å². The van der Waals surface area contributed by atoms with Gasteiger partial charge in [0.2, 0.25) is 0 Å². The lowest BCUT2D eigenvalue weighted by atomic mass is 10.2. The van der Waals surface area contributed by atoms with Crippen molar-refractivity contribution in [2.45, 2.75) is 19.9 Å². The van der Waals surface area contributed by atoms with Gasteiger partial charge in [0, 0.05) is 0 Å². The van der Waals surface area contributed by atoms with Crippen LogP contribution in [0.3, 0.4) is 0 Å². The maximum Gasteiger partial charge on any atom is 0.135 e. The van der Waals surface area contributed by atoms with Gasteiger partial charge in [-0.05, 0) is 46.7 Å². The molecule has 4 nitrogen and oxygen atoms in total. The highest BCUT2D eigenvalue weighted by Crippen LogP contribution is 2.18. The molecule has 0 aliphatic heterocycles. The fourth-order valence-electron chi connectivity index (χ4n) is 1.62. The number of nitrogen functional groups attached to an aromatic ring is 1. The maximum atomic E-state index is 5.93. The molecule has 0 saturated heterocycles. The molecule has 1 heterocycles. The summed E-state index contributed by atoms with van der Waals surface area (Å²) in [6.07, 6.45) is 2.78. The molecule has 5 heteroatoms. The quantitative estimate of drug-likeness (QED) is 0.838. The van der Waals surface area contributed by atoms with Gasteiger partial charge < -0.3 is 10.5 Å². The van der Waals surface area contributed by atoms with E-state index in [1.807, 2.05) is 24.3 Å². The Balaban J connectivity index is 2.11. The van der Waals surface area contributed by atoms with Crippen LogP contribution in [0.5, 0.6) is 5.75 Å². The van der Waals surface area contributed by atoms with E-state index in [2.05, 4.69) is 34.6 Å². The van der Waals surface area contributed by atoms with Crippen LogP contribution >= 0.6 is 22.6 Å². The third kappa shape index (κ3) is 3.16. The first kappa shape index (κ1) is 13.2. The summed E-state index contributed by atoms with van der Waals surface area (Å²) < 4.78 is 8.38. The fourth-order valence-corrected chi connectivity index (χ4v) is 2.03. The average Bonchev–Trinajstić information content (AvgIpc) is 2.69. The van der Waals surface area contributed by atoms with Crippen molar-refractivity contribution in [3.05, 3.63) is 39.6 Å². The topological polar surface area (TPSA) is 53.1 Å². The Hall–Kier alpha value is -1.24. The minimum Gasteiger partial charge on any atom is -0.494 e. The van der Waals surface area contributed by atoms with E-state index in [4.69, 9.17) is 10.5 Å². The molecule has 0 aliphatic rings. The molecule has 2 N–H and O–H groups in total. The number of nitrogens with two attached hydrogens (primary N) is 1. The third-order valence-electron chi connectivity index (χ3n) is 2.54. The molecule has 0 bridgehead atoms. The normalized spacial score (nSPS) is 10.6. The molecule has 0 amide bonds. The van der Waals surface area contributed by atoms with E-state index in [9.17, 15) is 0 Å². The molecule has 0 saturated carbocycles. The number of ether oxygens (including phenoxy) is 1. The Bertz CT molecular complexity index is 525. The summed E-state index contributed by atoms with van der Waals surface area (Å²) in [5.41, 5.74) is 7.06. The Kier molecular flexibility index (Phi) is 4.46. The molecule has 1 aromatic carbocycles. The largest absolute Gasteiger partial charge is 0.494 e. The number of aromatic nitrogens is 2. The second-order valence-electron chi connectivity index (χ2n) is 4.03. The van der Waals surface area contributed by atoms with Crippen LogP contribution in [0.25, 0.3) is 0 Å². The standard InChI is InChI=1S/C13H16IN3O/c1-2-6-18-11-5-3-4-10(7-11)9-17-13(15)12(14)8-16-17/h3-5,7-8H,2,6,9,15H2,1H3. The Labute approximate surface area is 120 Å². The second kappa shape index (κ2) is 6.08. The molecule has 0 unspecified atom stereocenters. The Morgan fingerprint density at radius 1 is 1.44 bits per heavy atom. The van der Waals surface area contributed by atoms with Gasteiger partial charge in [-0.25, -0.2) is 4.68 Å². The van der Waals surface area contributed by atoms with Crippen LogP contribution in [-0.4, -0.2) is 16.4 Å². The molecular weight excluding hydrogens is 341 g/mol. The molecule has 0 radical (unpaired) electrons. The van der Waals surface area contributed by atoms with Crippen LogP contribution in [0.2, 0.25) is 0 Å². The molecular formula is C13H16IN3O. The highest BCUT2D eigenvalue weighted by atomic mass is 127. The molecule has 2 rings (SSSR count). The van der Waals surface area contributed by atoms with Crippen LogP contribution in [-0.2, 0) is 6.54 Å². The van der Waals surface area contributed by atoms with Crippen LogP contribution in [0.1, 0.15) is 18.9 Å². The Morgan fingerprint density at radius 3 is 2.94 bits per heavy atom. The van der Waals surface area contributed by atoms with Crippen molar-refractivity contribution < 1.29 is 4.74 Å².